The van der Waals surface area contributed by atoms with Crippen molar-refractivity contribution in [1.29, 1.82) is 0 Å². The molecule has 0 spiro atoms. The summed E-state index contributed by atoms with van der Waals surface area (Å²) in [5, 5.41) is 2.81. The van der Waals surface area contributed by atoms with Crippen molar-refractivity contribution in [1.82, 2.24) is 0 Å². The second-order valence-electron chi connectivity index (χ2n) is 9.37. The van der Waals surface area contributed by atoms with Crippen molar-refractivity contribution in [2.24, 2.45) is 0 Å². The monoisotopic (exact) mass is 570 g/mol. The molecule has 31 heavy (non-hydrogen) atoms. The Morgan fingerprint density at radius 2 is 1.42 bits per heavy atom. The van der Waals surface area contributed by atoms with E-state index < -0.39 is 22.9 Å². The van der Waals surface area contributed by atoms with E-state index in [0.717, 1.165) is 6.42 Å². The van der Waals surface area contributed by atoms with Gasteiger partial charge in [0.1, 0.15) is 0 Å². The van der Waals surface area contributed by atoms with Gasteiger partial charge in [-0.3, -0.25) is 0 Å². The maximum absolute atomic E-state index is 2.55. The van der Waals surface area contributed by atoms with Gasteiger partial charge in [0.25, 0.3) is 0 Å². The molecule has 0 aromatic heterocycles. The van der Waals surface area contributed by atoms with Crippen molar-refractivity contribution >= 4 is 16.3 Å². The van der Waals surface area contributed by atoms with Gasteiger partial charge in [0.15, 0.2) is 0 Å². The summed E-state index contributed by atoms with van der Waals surface area (Å²) >= 11 is -1.17. The summed E-state index contributed by atoms with van der Waals surface area (Å²) in [6.45, 7) is 12.0. The Bertz CT molecular complexity index is 1260. The van der Waals surface area contributed by atoms with Crippen molar-refractivity contribution in [3.63, 3.8) is 0 Å². The van der Waals surface area contributed by atoms with Gasteiger partial charge in [-0.05, 0) is 0 Å². The van der Waals surface area contributed by atoms with Crippen LogP contribution >= 0.6 is 0 Å². The molecule has 1 heteroatoms. The van der Waals surface area contributed by atoms with Crippen LogP contribution in [0.4, 0.5) is 0 Å². The normalized spacial score (nSPS) is 17.7. The fourth-order valence-corrected chi connectivity index (χ4v) is 12.6. The van der Waals surface area contributed by atoms with Crippen LogP contribution in [-0.2, 0) is 35.7 Å². The predicted octanol–water partition coefficient (Wildman–Crippen LogP) is 8.30. The van der Waals surface area contributed by atoms with E-state index in [0.29, 0.717) is 3.17 Å². The minimum atomic E-state index is -1.17. The zero-order chi connectivity index (χ0) is 21.8. The summed E-state index contributed by atoms with van der Waals surface area (Å²) in [5.41, 5.74) is 12.5. The molecule has 3 aromatic carbocycles. The second kappa shape index (κ2) is 7.85. The van der Waals surface area contributed by atoms with Crippen LogP contribution in [0.25, 0.3) is 16.3 Å². The summed E-state index contributed by atoms with van der Waals surface area (Å²) in [6, 6.07) is 24.8. The first-order valence-electron chi connectivity index (χ1n) is 11.3. The molecule has 0 radical (unpaired) electrons. The van der Waals surface area contributed by atoms with E-state index >= 15 is 0 Å². The van der Waals surface area contributed by atoms with E-state index in [1.54, 1.807) is 39.0 Å². The molecule has 0 atom stereocenters. The molecule has 0 unspecified atom stereocenters. The summed E-state index contributed by atoms with van der Waals surface area (Å²) in [6.07, 6.45) is 2.23. The van der Waals surface area contributed by atoms with Crippen LogP contribution in [0.1, 0.15) is 51.3 Å². The van der Waals surface area contributed by atoms with E-state index in [1.807, 2.05) is 3.33 Å². The quantitative estimate of drug-likeness (QED) is 0.278. The van der Waals surface area contributed by atoms with Gasteiger partial charge < -0.3 is 0 Å². The summed E-state index contributed by atoms with van der Waals surface area (Å²) in [7, 11) is 0. The molecule has 0 bridgehead atoms. The molecule has 0 fully saturated rings. The molecule has 5 rings (SSSR count). The molecule has 0 heterocycles. The molecular formula is C30H30Hf. The molecule has 0 N–H and O–H groups in total. The summed E-state index contributed by atoms with van der Waals surface area (Å²) in [5.74, 6) is 0. The van der Waals surface area contributed by atoms with Crippen molar-refractivity contribution in [3.8, 4) is 0 Å². The Morgan fingerprint density at radius 3 is 2.13 bits per heavy atom. The van der Waals surface area contributed by atoms with Crippen LogP contribution in [-0.4, -0.2) is 0 Å². The minimum absolute atomic E-state index is 0.323. The number of rotatable bonds is 4. The molecule has 0 saturated carbocycles. The van der Waals surface area contributed by atoms with Gasteiger partial charge >= 0.3 is 199 Å². The van der Waals surface area contributed by atoms with Gasteiger partial charge in [-0.2, -0.15) is 0 Å². The fourth-order valence-electron chi connectivity index (χ4n) is 5.47. The van der Waals surface area contributed by atoms with Crippen LogP contribution in [0.3, 0.4) is 0 Å². The van der Waals surface area contributed by atoms with Gasteiger partial charge in [0.05, 0.1) is 0 Å². The van der Waals surface area contributed by atoms with Gasteiger partial charge in [-0.15, -0.1) is 0 Å². The molecule has 0 amide bonds. The Kier molecular flexibility index (Phi) is 5.29. The first-order valence-corrected chi connectivity index (χ1v) is 14.9. The SMILES string of the molecule is CC1=C(C)[C](C)([Hf][C]2=C(Cc3ccccc3)c3c(ccc4ccccc34)C2)C(C)=C1C. The van der Waals surface area contributed by atoms with Crippen molar-refractivity contribution in [2.75, 3.05) is 0 Å². The number of hydrogen-bond acceptors (Lipinski definition) is 0. The standard InChI is InChI=1S/C20H15.C10H15.Hf/c1-2-6-15(7-3-1)14-18-13-12-17-11-10-16-8-4-5-9-19(16)20(17)18;1-6-7(2)9(4)10(5)8(6)3;/h1-11H,12,14H2;1-5H3;. The summed E-state index contributed by atoms with van der Waals surface area (Å²) in [4.78, 5) is 0. The van der Waals surface area contributed by atoms with Crippen LogP contribution < -0.4 is 0 Å². The molecule has 2 aliphatic rings. The molecule has 0 saturated heterocycles. The van der Waals surface area contributed by atoms with E-state index in [9.17, 15) is 0 Å². The van der Waals surface area contributed by atoms with Crippen molar-refractivity contribution in [3.05, 3.63) is 109 Å². The zero-order valence-electron chi connectivity index (χ0n) is 19.3. The van der Waals surface area contributed by atoms with E-state index in [2.05, 4.69) is 101 Å². The number of fused-ring (bicyclic) bond motifs is 3. The Labute approximate surface area is 198 Å². The topological polar surface area (TPSA) is 0 Å². The third-order valence-corrected chi connectivity index (χ3v) is 15.2. The Hall–Kier alpha value is -1.99. The number of allylic oxidation sites excluding steroid dienone is 6. The van der Waals surface area contributed by atoms with Gasteiger partial charge in [0.2, 0.25) is 0 Å². The third-order valence-electron chi connectivity index (χ3n) is 7.86. The maximum atomic E-state index is 2.55. The first kappa shape index (κ1) is 20.9. The molecule has 154 valence electrons. The predicted molar refractivity (Wildman–Crippen MR) is 130 cm³/mol. The van der Waals surface area contributed by atoms with Crippen LogP contribution in [0.5, 0.6) is 0 Å². The number of hydrogen-bond donors (Lipinski definition) is 0. The van der Waals surface area contributed by atoms with Crippen LogP contribution in [0, 0.1) is 0 Å². The Balaban J connectivity index is 1.67. The first-order chi connectivity index (χ1) is 14.9. The molecule has 2 aliphatic carbocycles. The van der Waals surface area contributed by atoms with E-state index in [-0.39, 0.29) is 0 Å². The Morgan fingerprint density at radius 1 is 0.774 bits per heavy atom. The number of benzene rings is 3. The molecule has 3 aromatic rings. The van der Waals surface area contributed by atoms with Gasteiger partial charge in [-0.25, -0.2) is 0 Å². The van der Waals surface area contributed by atoms with Crippen molar-refractivity contribution < 1.29 is 22.9 Å². The zero-order valence-corrected chi connectivity index (χ0v) is 22.9. The molecule has 0 nitrogen and oxygen atoms in total. The van der Waals surface area contributed by atoms with E-state index in [1.165, 1.54) is 22.8 Å². The molecular weight excluding hydrogens is 539 g/mol. The molecule has 0 aliphatic heterocycles. The van der Waals surface area contributed by atoms with E-state index in [4.69, 9.17) is 0 Å². The second-order valence-corrected chi connectivity index (χ2v) is 16.0. The fraction of sp³-hybridized carbons (Fsp3) is 0.267. The summed E-state index contributed by atoms with van der Waals surface area (Å²) < 4.78 is 2.14. The average molecular weight is 569 g/mol. The average Bonchev–Trinajstić information content (AvgIpc) is 3.20. The van der Waals surface area contributed by atoms with Gasteiger partial charge in [0, 0.05) is 0 Å². The van der Waals surface area contributed by atoms with Gasteiger partial charge in [-0.1, -0.05) is 0 Å². The third kappa shape index (κ3) is 3.37. The van der Waals surface area contributed by atoms with Crippen LogP contribution in [0.15, 0.2) is 92.4 Å². The van der Waals surface area contributed by atoms with Crippen LogP contribution in [0.2, 0.25) is 3.17 Å². The van der Waals surface area contributed by atoms with Crippen molar-refractivity contribution in [2.45, 2.75) is 50.6 Å².